The molecule has 0 radical (unpaired) electrons. The van der Waals surface area contributed by atoms with Crippen LogP contribution in [0.2, 0.25) is 0 Å². The zero-order valence-corrected chi connectivity index (χ0v) is 22.3. The molecule has 2 heterocycles. The number of hydrogen-bond donors (Lipinski definition) is 1. The zero-order valence-electron chi connectivity index (χ0n) is 25.3. The normalized spacial score (nSPS) is 18.2. The molecule has 198 valence electrons. The number of carbonyl (C=O) groups excluding carboxylic acids is 1. The lowest BCUT2D eigenvalue weighted by Gasteiger charge is -2.19. The highest BCUT2D eigenvalue weighted by atomic mass is 16.5. The quantitative estimate of drug-likeness (QED) is 0.103. The molecule has 1 N–H and O–H groups in total. The number of unbranched alkanes of at least 4 members (excludes halogenated alkanes) is 8. The molecule has 2 aromatic rings. The lowest BCUT2D eigenvalue weighted by Crippen LogP contribution is -2.26. The highest BCUT2D eigenvalue weighted by molar-refractivity contribution is 5.91. The molecule has 0 aliphatic carbocycles. The van der Waals surface area contributed by atoms with E-state index >= 15 is 0 Å². The van der Waals surface area contributed by atoms with Crippen molar-refractivity contribution >= 4 is 16.9 Å². The minimum atomic E-state index is -2.08. The molecule has 1 atom stereocenters. The Balaban J connectivity index is 1.35. The smallest absolute Gasteiger partial charge is 0.311 e. The van der Waals surface area contributed by atoms with Crippen LogP contribution in [0.5, 0.6) is 5.75 Å². The fourth-order valence-electron chi connectivity index (χ4n) is 5.02. The number of esters is 1. The van der Waals surface area contributed by atoms with Gasteiger partial charge in [-0.3, -0.25) is 4.79 Å². The molecule has 3 rings (SSSR count). The van der Waals surface area contributed by atoms with E-state index in [9.17, 15) is 4.79 Å². The lowest BCUT2D eigenvalue weighted by atomic mass is 10.0. The predicted molar refractivity (Wildman–Crippen MR) is 153 cm³/mol. The standard InChI is InChI=1S/C32H48N2O2/c1-3-4-5-6-7-8-9-10-11-12-13-14-15-16-17-23-31(35)36-30-22-18-21-29-32(30)27(26-33-29)25-28-20-19-24-34(28)2/h7-8,10-11,18,21-22,26,28,33H,3-6,9,12-17,19-20,23-25H2,1-2H3/b8-7-,11-10-/t28-/m1/s1/i2D3. The molecular formula is C32H48N2O2. The molecule has 4 nitrogen and oxygen atoms in total. The average Bonchev–Trinajstić information content (AvgIpc) is 3.54. The third-order valence-corrected chi connectivity index (χ3v) is 7.14. The summed E-state index contributed by atoms with van der Waals surface area (Å²) in [5.41, 5.74) is 1.91. The summed E-state index contributed by atoms with van der Waals surface area (Å²) in [5, 5.41) is 0.892. The number of H-pyrrole nitrogens is 1. The van der Waals surface area contributed by atoms with Gasteiger partial charge in [0.2, 0.25) is 0 Å². The Morgan fingerprint density at radius 2 is 1.86 bits per heavy atom. The van der Waals surface area contributed by atoms with Gasteiger partial charge in [0, 0.05) is 33.7 Å². The van der Waals surface area contributed by atoms with Crippen LogP contribution in [-0.2, 0) is 11.2 Å². The fraction of sp³-hybridized carbons (Fsp3) is 0.594. The van der Waals surface area contributed by atoms with E-state index in [1.807, 2.05) is 24.4 Å². The van der Waals surface area contributed by atoms with Gasteiger partial charge in [0.05, 0.1) is 0 Å². The molecule has 1 fully saturated rings. The number of carbonyl (C=O) groups is 1. The van der Waals surface area contributed by atoms with Crippen molar-refractivity contribution in [1.82, 2.24) is 9.88 Å². The van der Waals surface area contributed by atoms with Crippen LogP contribution in [0.1, 0.15) is 106 Å². The summed E-state index contributed by atoms with van der Waals surface area (Å²) in [6.07, 6.45) is 26.5. The lowest BCUT2D eigenvalue weighted by molar-refractivity contribution is -0.134. The minimum absolute atomic E-state index is 0.0343. The molecule has 0 amide bonds. The van der Waals surface area contributed by atoms with Crippen molar-refractivity contribution in [2.75, 3.05) is 13.5 Å². The highest BCUT2D eigenvalue weighted by Gasteiger charge is 2.23. The number of nitrogens with one attached hydrogen (secondary N) is 1. The summed E-state index contributed by atoms with van der Waals surface area (Å²) in [4.78, 5) is 17.5. The van der Waals surface area contributed by atoms with E-state index in [-0.39, 0.29) is 12.0 Å². The third kappa shape index (κ3) is 9.61. The van der Waals surface area contributed by atoms with Crippen molar-refractivity contribution in [2.24, 2.45) is 0 Å². The number of aromatic nitrogens is 1. The second-order valence-electron chi connectivity index (χ2n) is 10.1. The highest BCUT2D eigenvalue weighted by Crippen LogP contribution is 2.32. The number of benzene rings is 1. The van der Waals surface area contributed by atoms with Crippen LogP contribution in [0.15, 0.2) is 48.7 Å². The Bertz CT molecular complexity index is 1060. The first kappa shape index (κ1) is 24.0. The maximum Gasteiger partial charge on any atom is 0.311 e. The number of nitrogens with zero attached hydrogens (tertiary/aromatic N) is 1. The van der Waals surface area contributed by atoms with E-state index in [0.29, 0.717) is 25.1 Å². The Morgan fingerprint density at radius 1 is 1.08 bits per heavy atom. The van der Waals surface area contributed by atoms with Crippen LogP contribution in [0.3, 0.4) is 0 Å². The Labute approximate surface area is 223 Å². The number of allylic oxidation sites excluding steroid dienone is 4. The van der Waals surface area contributed by atoms with E-state index in [1.54, 1.807) is 4.90 Å². The van der Waals surface area contributed by atoms with Crippen LogP contribution < -0.4 is 4.74 Å². The average molecular weight is 496 g/mol. The molecule has 0 unspecified atom stereocenters. The van der Waals surface area contributed by atoms with Gasteiger partial charge in [-0.2, -0.15) is 0 Å². The molecule has 1 aromatic carbocycles. The number of likely N-dealkylation sites (tertiary alicyclic amines) is 1. The number of fused-ring (bicyclic) bond motifs is 1. The van der Waals surface area contributed by atoms with Crippen LogP contribution >= 0.6 is 0 Å². The number of hydrogen-bond acceptors (Lipinski definition) is 3. The summed E-state index contributed by atoms with van der Waals surface area (Å²) >= 11 is 0. The van der Waals surface area contributed by atoms with E-state index in [1.165, 1.54) is 38.5 Å². The van der Waals surface area contributed by atoms with Crippen LogP contribution in [0.25, 0.3) is 10.9 Å². The molecule has 1 saturated heterocycles. The summed E-state index contributed by atoms with van der Waals surface area (Å²) < 4.78 is 29.3. The summed E-state index contributed by atoms with van der Waals surface area (Å²) in [6, 6.07) is 5.65. The van der Waals surface area contributed by atoms with E-state index in [0.717, 1.165) is 61.4 Å². The van der Waals surface area contributed by atoms with E-state index in [4.69, 9.17) is 8.85 Å². The largest absolute Gasteiger partial charge is 0.426 e. The van der Waals surface area contributed by atoms with Crippen molar-refractivity contribution in [3.8, 4) is 5.75 Å². The van der Waals surface area contributed by atoms with Gasteiger partial charge in [-0.1, -0.05) is 69.4 Å². The molecule has 1 aromatic heterocycles. The second kappa shape index (κ2) is 16.4. The van der Waals surface area contributed by atoms with Crippen LogP contribution in [0, 0.1) is 0 Å². The van der Waals surface area contributed by atoms with Gasteiger partial charge in [-0.05, 0) is 89.0 Å². The maximum absolute atomic E-state index is 12.6. The molecule has 4 heteroatoms. The van der Waals surface area contributed by atoms with Crippen molar-refractivity contribution < 1.29 is 13.6 Å². The first-order chi connectivity index (χ1) is 18.9. The SMILES string of the molecule is [2H]C([2H])([2H])N1CCC[C@@H]1Cc1c[nH]c2cccc(OC(=O)CCCCCCC/C=C\C/C=C\CCCCC)c12. The summed E-state index contributed by atoms with van der Waals surface area (Å²) in [5.74, 6) is 0.361. The molecule has 1 aliphatic rings. The zero-order chi connectivity index (χ0) is 27.9. The molecule has 0 bridgehead atoms. The molecule has 1 aliphatic heterocycles. The topological polar surface area (TPSA) is 45.3 Å². The van der Waals surface area contributed by atoms with E-state index < -0.39 is 6.98 Å². The van der Waals surface area contributed by atoms with Gasteiger partial charge in [-0.25, -0.2) is 0 Å². The van der Waals surface area contributed by atoms with Gasteiger partial charge in [-0.15, -0.1) is 0 Å². The van der Waals surface area contributed by atoms with Crippen molar-refractivity contribution in [1.29, 1.82) is 0 Å². The van der Waals surface area contributed by atoms with Gasteiger partial charge in [0.25, 0.3) is 0 Å². The van der Waals surface area contributed by atoms with E-state index in [2.05, 4.69) is 36.2 Å². The van der Waals surface area contributed by atoms with Gasteiger partial charge in [0.1, 0.15) is 5.75 Å². The number of ether oxygens (including phenoxy) is 1. The molecule has 36 heavy (non-hydrogen) atoms. The Morgan fingerprint density at radius 3 is 2.67 bits per heavy atom. The van der Waals surface area contributed by atoms with Crippen molar-refractivity contribution in [3.63, 3.8) is 0 Å². The van der Waals surface area contributed by atoms with Gasteiger partial charge in [0.15, 0.2) is 0 Å². The fourth-order valence-corrected chi connectivity index (χ4v) is 5.02. The summed E-state index contributed by atoms with van der Waals surface area (Å²) in [7, 11) is 0. The van der Waals surface area contributed by atoms with Crippen LogP contribution in [-0.4, -0.2) is 35.4 Å². The first-order valence-corrected chi connectivity index (χ1v) is 14.3. The number of aromatic amines is 1. The predicted octanol–water partition coefficient (Wildman–Crippen LogP) is 8.52. The Kier molecular flexibility index (Phi) is 11.0. The van der Waals surface area contributed by atoms with Crippen LogP contribution in [0.4, 0.5) is 0 Å². The molecule has 0 saturated carbocycles. The van der Waals surface area contributed by atoms with Gasteiger partial charge >= 0.3 is 5.97 Å². The second-order valence-corrected chi connectivity index (χ2v) is 10.1. The third-order valence-electron chi connectivity index (χ3n) is 7.14. The molecule has 0 spiro atoms. The maximum atomic E-state index is 12.6. The monoisotopic (exact) mass is 495 g/mol. The number of likely N-dealkylation sites (N-methyl/N-ethyl adjacent to an activating group) is 1. The first-order valence-electron chi connectivity index (χ1n) is 15.8. The number of rotatable bonds is 17. The molecular weight excluding hydrogens is 444 g/mol. The summed E-state index contributed by atoms with van der Waals surface area (Å²) in [6.45, 7) is 0.754. The minimum Gasteiger partial charge on any atom is -0.426 e. The van der Waals surface area contributed by atoms with Gasteiger partial charge < -0.3 is 14.6 Å². The van der Waals surface area contributed by atoms with Crippen molar-refractivity contribution in [2.45, 2.75) is 109 Å². The Hall–Kier alpha value is -2.33. The van der Waals surface area contributed by atoms with Crippen molar-refractivity contribution in [3.05, 3.63) is 54.3 Å².